The van der Waals surface area contributed by atoms with E-state index in [1.807, 2.05) is 7.11 Å². The van der Waals surface area contributed by atoms with E-state index < -0.39 is 24.2 Å². The number of likely N-dealkylation sites (N-methyl/N-ethyl adjacent to an activating group) is 1. The van der Waals surface area contributed by atoms with Crippen molar-refractivity contribution in [3.8, 4) is 0 Å². The number of carbonyl (C=O) groups is 2. The number of hydroxylamine groups is 2. The molecule has 0 aromatic rings. The number of carbonyl (C=O) groups excluding carboxylic acids is 2. The largest absolute Gasteiger partial charge is 0.394 e. The quantitative estimate of drug-likeness (QED) is 0.168. The fourth-order valence-electron chi connectivity index (χ4n) is 12.8. The first kappa shape index (κ1) is 44.2. The van der Waals surface area contributed by atoms with Gasteiger partial charge in [0, 0.05) is 62.1 Å². The molecule has 0 spiro atoms. The van der Waals surface area contributed by atoms with Crippen LogP contribution < -0.4 is 16.0 Å². The molecule has 7 rings (SSSR count). The normalized spacial score (nSPS) is 41.2. The van der Waals surface area contributed by atoms with Crippen molar-refractivity contribution in [2.75, 3.05) is 61.5 Å². The minimum atomic E-state index is -0.828. The number of methoxy groups -OCH3 is 1. The van der Waals surface area contributed by atoms with Crippen LogP contribution in [0.5, 0.6) is 0 Å². The van der Waals surface area contributed by atoms with Crippen LogP contribution >= 0.6 is 0 Å². The van der Waals surface area contributed by atoms with Gasteiger partial charge >= 0.3 is 0 Å². The highest BCUT2D eigenvalue weighted by Crippen LogP contribution is 2.61. The molecule has 56 heavy (non-hydrogen) atoms. The second kappa shape index (κ2) is 18.9. The average molecular weight is 789 g/mol. The third-order valence-corrected chi connectivity index (χ3v) is 16.1. The molecule has 2 saturated heterocycles. The fourth-order valence-corrected chi connectivity index (χ4v) is 12.8. The summed E-state index contributed by atoms with van der Waals surface area (Å²) in [6.45, 7) is 10.8. The van der Waals surface area contributed by atoms with Crippen molar-refractivity contribution in [1.29, 1.82) is 0 Å². The first-order valence-electron chi connectivity index (χ1n) is 22.5. The van der Waals surface area contributed by atoms with Gasteiger partial charge in [-0.1, -0.05) is 33.6 Å². The van der Waals surface area contributed by atoms with Crippen molar-refractivity contribution in [2.24, 2.45) is 52.8 Å². The van der Waals surface area contributed by atoms with Gasteiger partial charge in [0.1, 0.15) is 12.1 Å². The molecule has 5 aliphatic carbocycles. The predicted molar refractivity (Wildman–Crippen MR) is 219 cm³/mol. The van der Waals surface area contributed by atoms with Crippen molar-refractivity contribution < 1.29 is 29.4 Å². The molecule has 0 radical (unpaired) electrons. The molecule has 5 saturated carbocycles. The number of piperidine rings is 1. The fraction of sp³-hybridized carbons (Fsp3) is 0.955. The highest BCUT2D eigenvalue weighted by molar-refractivity contribution is 5.83. The van der Waals surface area contributed by atoms with Gasteiger partial charge in [-0.3, -0.25) is 14.4 Å². The minimum Gasteiger partial charge on any atom is -0.394 e. The molecular weight excluding hydrogens is 709 g/mol. The number of ether oxygens (including phenoxy) is 1. The smallest absolute Gasteiger partial charge is 0.240 e. The van der Waals surface area contributed by atoms with Gasteiger partial charge in [-0.25, -0.2) is 0 Å². The van der Waals surface area contributed by atoms with Gasteiger partial charge in [0.25, 0.3) is 0 Å². The molecule has 7 fully saturated rings. The third-order valence-electron chi connectivity index (χ3n) is 16.1. The van der Waals surface area contributed by atoms with Crippen LogP contribution in [0, 0.1) is 52.8 Å². The molecule has 0 aromatic heterocycles. The Hall–Kier alpha value is -1.38. The summed E-state index contributed by atoms with van der Waals surface area (Å²) >= 11 is 0. The Balaban J connectivity index is 1.15. The third kappa shape index (κ3) is 9.64. The van der Waals surface area contributed by atoms with Crippen LogP contribution in [-0.2, 0) is 19.2 Å². The summed E-state index contributed by atoms with van der Waals surface area (Å²) in [6.07, 6.45) is 11.0. The first-order valence-corrected chi connectivity index (χ1v) is 22.5. The second-order valence-corrected chi connectivity index (χ2v) is 20.4. The summed E-state index contributed by atoms with van der Waals surface area (Å²) in [5.74, 6) is 1.76. The van der Waals surface area contributed by atoms with Crippen molar-refractivity contribution in [3.05, 3.63) is 0 Å². The highest BCUT2D eigenvalue weighted by Gasteiger charge is 2.58. The standard InChI is InChI=1S/C44H80N6O6/c1-26-36-20-31(44(36,3)4)21-37(26)47-43(54)40-39(27(2)52)38(25-51)56-50(40)23-28-13-12-15-35(41(28)55-9)29-17-30(19-34(18-29)49(7)8)42(53)46-33(24-48(5)6)22-32-14-10-11-16-45-32/h26-41,45,51-52H,10-25H2,1-9H3,(H,46,53)(H,47,54)/t26-,27-,28?,29?,30?,31+,32?,33-,34?,35?,36-,37-,38-,39-,40-,41?/m0/s1. The maximum atomic E-state index is 14.4. The maximum Gasteiger partial charge on any atom is 0.240 e. The number of rotatable bonds is 15. The lowest BCUT2D eigenvalue weighted by Gasteiger charge is -2.62. The van der Waals surface area contributed by atoms with Gasteiger partial charge < -0.3 is 40.7 Å². The van der Waals surface area contributed by atoms with Crippen molar-refractivity contribution >= 4 is 11.8 Å². The van der Waals surface area contributed by atoms with Gasteiger partial charge in [-0.05, 0) is 141 Å². The molecule has 2 amide bonds. The zero-order chi connectivity index (χ0) is 40.5. The van der Waals surface area contributed by atoms with E-state index in [2.05, 4.69) is 74.7 Å². The van der Waals surface area contributed by atoms with Crippen LogP contribution in [-0.4, -0.2) is 147 Å². The summed E-state index contributed by atoms with van der Waals surface area (Å²) in [5.41, 5.74) is 0.315. The maximum absolute atomic E-state index is 14.4. The van der Waals surface area contributed by atoms with E-state index in [1.165, 1.54) is 25.7 Å². The number of hydrogen-bond acceptors (Lipinski definition) is 10. The lowest BCUT2D eigenvalue weighted by molar-refractivity contribution is -0.193. The molecule has 322 valence electrons. The molecule has 5 N–H and O–H groups in total. The predicted octanol–water partition coefficient (Wildman–Crippen LogP) is 3.50. The Bertz CT molecular complexity index is 1290. The van der Waals surface area contributed by atoms with Crippen LogP contribution in [0.2, 0.25) is 0 Å². The number of aliphatic hydroxyl groups is 2. The molecule has 0 aromatic carbocycles. The molecule has 12 heteroatoms. The van der Waals surface area contributed by atoms with Crippen LogP contribution in [0.3, 0.4) is 0 Å². The Morgan fingerprint density at radius 2 is 1.79 bits per heavy atom. The van der Waals surface area contributed by atoms with Gasteiger partial charge in [-0.15, -0.1) is 0 Å². The van der Waals surface area contributed by atoms with Gasteiger partial charge in [0.15, 0.2) is 0 Å². The number of hydrogen-bond donors (Lipinski definition) is 5. The van der Waals surface area contributed by atoms with Crippen LogP contribution in [0.4, 0.5) is 0 Å². The number of nitrogens with zero attached hydrogens (tertiary/aromatic N) is 3. The number of nitrogens with one attached hydrogen (secondary N) is 3. The number of amides is 2. The lowest BCUT2D eigenvalue weighted by atomic mass is 9.45. The molecular formula is C44H80N6O6. The Morgan fingerprint density at radius 1 is 1.02 bits per heavy atom. The van der Waals surface area contributed by atoms with Crippen LogP contribution in [0.15, 0.2) is 0 Å². The highest BCUT2D eigenvalue weighted by atomic mass is 16.7. The van der Waals surface area contributed by atoms with Crippen LogP contribution in [0.25, 0.3) is 0 Å². The van der Waals surface area contributed by atoms with E-state index in [-0.39, 0.29) is 54.4 Å². The zero-order valence-corrected chi connectivity index (χ0v) is 36.4. The summed E-state index contributed by atoms with van der Waals surface area (Å²) in [4.78, 5) is 39.5. The number of fused-ring (bicyclic) bond motifs is 2. The van der Waals surface area contributed by atoms with E-state index in [4.69, 9.17) is 9.57 Å². The zero-order valence-electron chi connectivity index (χ0n) is 36.4. The van der Waals surface area contributed by atoms with E-state index in [0.717, 1.165) is 64.5 Å². The van der Waals surface area contributed by atoms with E-state index in [0.29, 0.717) is 47.7 Å². The topological polar surface area (TPSA) is 139 Å². The van der Waals surface area contributed by atoms with Crippen LogP contribution in [0.1, 0.15) is 105 Å². The molecule has 2 heterocycles. The molecule has 7 aliphatic rings. The molecule has 7 unspecified atom stereocenters. The molecule has 2 bridgehead atoms. The Labute approximate surface area is 338 Å². The molecule has 2 aliphatic heterocycles. The Morgan fingerprint density at radius 3 is 2.39 bits per heavy atom. The summed E-state index contributed by atoms with van der Waals surface area (Å²) in [6, 6.07) is 0.253. The van der Waals surface area contributed by atoms with Gasteiger partial charge in [0.2, 0.25) is 11.8 Å². The van der Waals surface area contributed by atoms with E-state index in [9.17, 15) is 19.8 Å². The van der Waals surface area contributed by atoms with Gasteiger partial charge in [0.05, 0.1) is 18.8 Å². The molecule has 16 atom stereocenters. The number of aliphatic hydroxyl groups excluding tert-OH is 2. The lowest BCUT2D eigenvalue weighted by Crippen LogP contribution is -2.62. The summed E-state index contributed by atoms with van der Waals surface area (Å²) < 4.78 is 6.45. The van der Waals surface area contributed by atoms with E-state index >= 15 is 0 Å². The second-order valence-electron chi connectivity index (χ2n) is 20.4. The van der Waals surface area contributed by atoms with Crippen molar-refractivity contribution in [2.45, 2.75) is 153 Å². The SMILES string of the molecule is COC1C(CN2O[C@@H](CO)[C@H]([C@H](C)O)[C@H]2C(=O)N[C@H]2C[C@H]3C[C@@H]([C@@H]2C)C3(C)C)CCCC1C1CC(C(=O)N[C@@H](CC2CCCCN2)CN(C)C)CC(N(C)C)C1. The monoisotopic (exact) mass is 789 g/mol. The Kier molecular flexibility index (Phi) is 14.9. The van der Waals surface area contributed by atoms with Crippen molar-refractivity contribution in [1.82, 2.24) is 30.8 Å². The van der Waals surface area contributed by atoms with Crippen molar-refractivity contribution in [3.63, 3.8) is 0 Å². The van der Waals surface area contributed by atoms with E-state index in [1.54, 1.807) is 12.0 Å². The average Bonchev–Trinajstić information content (AvgIpc) is 3.53. The minimum absolute atomic E-state index is 0.0598. The molecule has 12 nitrogen and oxygen atoms in total. The summed E-state index contributed by atoms with van der Waals surface area (Å²) in [7, 11) is 10.3. The summed E-state index contributed by atoms with van der Waals surface area (Å²) in [5, 5.41) is 33.9. The van der Waals surface area contributed by atoms with Gasteiger partial charge in [-0.2, -0.15) is 5.06 Å². The first-order chi connectivity index (χ1) is 26.6.